The summed E-state index contributed by atoms with van der Waals surface area (Å²) >= 11 is 0. The smallest absolute Gasteiger partial charge is 0.384 e. The number of esters is 1. The largest absolute Gasteiger partial charge is 0.452 e. The van der Waals surface area contributed by atoms with Crippen LogP contribution in [0.1, 0.15) is 19.8 Å². The molecule has 0 N–H and O–H groups in total. The minimum atomic E-state index is -0.474. The minimum absolute atomic E-state index is 0.236. The molecule has 0 spiro atoms. The molecular weight excluding hydrogens is 140 g/mol. The molecule has 2 nitrogen and oxygen atoms in total. The maximum Gasteiger partial charge on any atom is 0.384 e. The molecule has 0 radical (unpaired) electrons. The molecule has 0 bridgehead atoms. The first-order chi connectivity index (χ1) is 5.31. The van der Waals surface area contributed by atoms with Crippen LogP contribution in [0.3, 0.4) is 0 Å². The van der Waals surface area contributed by atoms with Crippen molar-refractivity contribution in [1.82, 2.24) is 0 Å². The topological polar surface area (TPSA) is 26.3 Å². The van der Waals surface area contributed by atoms with E-state index in [4.69, 9.17) is 0 Å². The molecule has 0 aliphatic carbocycles. The van der Waals surface area contributed by atoms with Gasteiger partial charge in [0.15, 0.2) is 0 Å². The van der Waals surface area contributed by atoms with E-state index in [-0.39, 0.29) is 6.61 Å². The first-order valence-corrected chi connectivity index (χ1v) is 3.57. The number of hydrogen-bond donors (Lipinski definition) is 0. The lowest BCUT2D eigenvalue weighted by Gasteiger charge is -1.91. The average molecular weight is 152 g/mol. The molecule has 0 aliphatic heterocycles. The summed E-state index contributed by atoms with van der Waals surface area (Å²) in [6, 6.07) is 0. The fourth-order valence-corrected chi connectivity index (χ4v) is 0.430. The van der Waals surface area contributed by atoms with E-state index < -0.39 is 5.97 Å². The van der Waals surface area contributed by atoms with Gasteiger partial charge in [0.05, 0.1) is 0 Å². The van der Waals surface area contributed by atoms with Gasteiger partial charge in [0.25, 0.3) is 0 Å². The molecule has 0 aromatic carbocycles. The molecule has 0 amide bonds. The van der Waals surface area contributed by atoms with Gasteiger partial charge in [-0.25, -0.2) is 4.79 Å². The van der Waals surface area contributed by atoms with Crippen LogP contribution in [-0.2, 0) is 9.53 Å². The van der Waals surface area contributed by atoms with Gasteiger partial charge >= 0.3 is 5.97 Å². The summed E-state index contributed by atoms with van der Waals surface area (Å²) in [6.45, 7) is 5.64. The lowest BCUT2D eigenvalue weighted by atomic mass is 10.3. The molecule has 0 aromatic rings. The molecule has 11 heavy (non-hydrogen) atoms. The Morgan fingerprint density at radius 3 is 3.00 bits per heavy atom. The molecule has 0 unspecified atom stereocenters. The summed E-state index contributed by atoms with van der Waals surface area (Å²) < 4.78 is 4.61. The van der Waals surface area contributed by atoms with Crippen molar-refractivity contribution < 1.29 is 9.53 Å². The van der Waals surface area contributed by atoms with E-state index in [1.165, 1.54) is 6.08 Å². The van der Waals surface area contributed by atoms with E-state index in [1.807, 2.05) is 6.92 Å². The van der Waals surface area contributed by atoms with Crippen molar-refractivity contribution in [3.63, 3.8) is 0 Å². The molecule has 0 aliphatic rings. The van der Waals surface area contributed by atoms with Gasteiger partial charge in [-0.15, -0.1) is 0 Å². The zero-order valence-corrected chi connectivity index (χ0v) is 6.72. The number of hydrogen-bond acceptors (Lipinski definition) is 2. The Labute approximate surface area is 67.2 Å². The second-order valence-corrected chi connectivity index (χ2v) is 1.94. The molecule has 0 atom stereocenters. The van der Waals surface area contributed by atoms with E-state index in [2.05, 4.69) is 23.2 Å². The highest BCUT2D eigenvalue weighted by Crippen LogP contribution is 1.82. The maximum absolute atomic E-state index is 10.6. The van der Waals surface area contributed by atoms with E-state index in [0.29, 0.717) is 0 Å². The highest BCUT2D eigenvalue weighted by atomic mass is 16.5. The number of rotatable bonds is 3. The van der Waals surface area contributed by atoms with Crippen molar-refractivity contribution in [3.8, 4) is 11.8 Å². The van der Waals surface area contributed by atoms with Gasteiger partial charge in [0, 0.05) is 12.3 Å². The van der Waals surface area contributed by atoms with Crippen molar-refractivity contribution in [2.45, 2.75) is 19.8 Å². The highest BCUT2D eigenvalue weighted by molar-refractivity contribution is 5.88. The number of ether oxygens (including phenoxy) is 1. The zero-order valence-electron chi connectivity index (χ0n) is 6.72. The van der Waals surface area contributed by atoms with Gasteiger partial charge in [-0.2, -0.15) is 0 Å². The third kappa shape index (κ3) is 6.66. The van der Waals surface area contributed by atoms with Gasteiger partial charge in [0.2, 0.25) is 0 Å². The van der Waals surface area contributed by atoms with E-state index in [1.54, 1.807) is 0 Å². The van der Waals surface area contributed by atoms with Gasteiger partial charge in [0.1, 0.15) is 6.61 Å². The van der Waals surface area contributed by atoms with Crippen molar-refractivity contribution >= 4 is 5.97 Å². The van der Waals surface area contributed by atoms with Crippen molar-refractivity contribution in [2.24, 2.45) is 0 Å². The standard InChI is InChI=1S/C9H12O2/c1-3-5-6-7-9(10)11-8-4-2/h4H,2-3,5,8H2,1H3. The third-order valence-electron chi connectivity index (χ3n) is 0.898. The van der Waals surface area contributed by atoms with Crippen molar-refractivity contribution in [1.29, 1.82) is 0 Å². The third-order valence-corrected chi connectivity index (χ3v) is 0.898. The Morgan fingerprint density at radius 1 is 1.73 bits per heavy atom. The van der Waals surface area contributed by atoms with E-state index in [9.17, 15) is 4.79 Å². The van der Waals surface area contributed by atoms with Crippen LogP contribution in [0, 0.1) is 11.8 Å². The summed E-state index contributed by atoms with van der Waals surface area (Å²) in [4.78, 5) is 10.6. The van der Waals surface area contributed by atoms with E-state index >= 15 is 0 Å². The van der Waals surface area contributed by atoms with Crippen LogP contribution in [-0.4, -0.2) is 12.6 Å². The second kappa shape index (κ2) is 6.88. The van der Waals surface area contributed by atoms with Gasteiger partial charge in [-0.3, -0.25) is 0 Å². The van der Waals surface area contributed by atoms with Crippen LogP contribution < -0.4 is 0 Å². The fraction of sp³-hybridized carbons (Fsp3) is 0.444. The molecular formula is C9H12O2. The summed E-state index contributed by atoms with van der Waals surface area (Å²) in [5.74, 6) is 4.57. The molecule has 0 heterocycles. The molecule has 0 aromatic heterocycles. The Morgan fingerprint density at radius 2 is 2.45 bits per heavy atom. The quantitative estimate of drug-likeness (QED) is 0.265. The normalized spacial score (nSPS) is 7.73. The summed E-state index contributed by atoms with van der Waals surface area (Å²) in [5.41, 5.74) is 0. The Kier molecular flexibility index (Phi) is 6.11. The lowest BCUT2D eigenvalue weighted by Crippen LogP contribution is -2.00. The van der Waals surface area contributed by atoms with Crippen LogP contribution in [0.4, 0.5) is 0 Å². The van der Waals surface area contributed by atoms with Crippen molar-refractivity contribution in [3.05, 3.63) is 12.7 Å². The first-order valence-electron chi connectivity index (χ1n) is 3.57. The number of carbonyl (C=O) groups is 1. The van der Waals surface area contributed by atoms with E-state index in [0.717, 1.165) is 12.8 Å². The second-order valence-electron chi connectivity index (χ2n) is 1.94. The molecule has 0 rings (SSSR count). The van der Waals surface area contributed by atoms with Gasteiger partial charge in [-0.05, 0) is 6.42 Å². The first kappa shape index (κ1) is 9.77. The van der Waals surface area contributed by atoms with Crippen molar-refractivity contribution in [2.75, 3.05) is 6.61 Å². The van der Waals surface area contributed by atoms with Gasteiger partial charge < -0.3 is 4.74 Å². The maximum atomic E-state index is 10.6. The average Bonchev–Trinajstić information content (AvgIpc) is 2.01. The fourth-order valence-electron chi connectivity index (χ4n) is 0.430. The monoisotopic (exact) mass is 152 g/mol. The van der Waals surface area contributed by atoms with Crippen LogP contribution in [0.25, 0.3) is 0 Å². The van der Waals surface area contributed by atoms with Gasteiger partial charge in [-0.1, -0.05) is 25.5 Å². The molecule has 0 fully saturated rings. The Hall–Kier alpha value is -1.23. The van der Waals surface area contributed by atoms with Crippen LogP contribution in [0.15, 0.2) is 12.7 Å². The molecule has 0 saturated heterocycles. The summed E-state index contributed by atoms with van der Waals surface area (Å²) in [6.07, 6.45) is 3.21. The minimum Gasteiger partial charge on any atom is -0.452 e. The number of carbonyl (C=O) groups excluding carboxylic acids is 1. The predicted molar refractivity (Wildman–Crippen MR) is 43.8 cm³/mol. The predicted octanol–water partition coefficient (Wildman–Crippen LogP) is 1.52. The highest BCUT2D eigenvalue weighted by Gasteiger charge is 1.91. The summed E-state index contributed by atoms with van der Waals surface area (Å²) in [7, 11) is 0. The molecule has 0 saturated carbocycles. The Balaban J connectivity index is 3.52. The lowest BCUT2D eigenvalue weighted by molar-refractivity contribution is -0.135. The van der Waals surface area contributed by atoms with Crippen LogP contribution >= 0.6 is 0 Å². The zero-order chi connectivity index (χ0) is 8.53. The van der Waals surface area contributed by atoms with Crippen LogP contribution in [0.5, 0.6) is 0 Å². The summed E-state index contributed by atoms with van der Waals surface area (Å²) in [5, 5.41) is 0. The molecule has 60 valence electrons. The number of unbranched alkanes of at least 4 members (excludes halogenated alkanes) is 1. The van der Waals surface area contributed by atoms with Crippen LogP contribution in [0.2, 0.25) is 0 Å². The molecule has 2 heteroatoms. The SMILES string of the molecule is C=CCOC(=O)C#CCCC. The Bertz CT molecular complexity index is 183.